The van der Waals surface area contributed by atoms with E-state index >= 15 is 0 Å². The van der Waals surface area contributed by atoms with Crippen molar-refractivity contribution < 1.29 is 32.2 Å². The Bertz CT molecular complexity index is 1640. The summed E-state index contributed by atoms with van der Waals surface area (Å²) < 4.78 is 51.9. The van der Waals surface area contributed by atoms with Crippen molar-refractivity contribution >= 4 is 34.8 Å². The molecule has 1 aromatic carbocycles. The van der Waals surface area contributed by atoms with E-state index in [1.807, 2.05) is 0 Å². The Labute approximate surface area is 236 Å². The number of anilines is 3. The standard InChI is InChI=1S/C27H25F3N8O4/c28-27(29,30)19-2-1-3-20(35-19)36-25(40)34-17-6-4-16(5-7-17)21-18(14-38-22(21)23(31)32-15-33-38)24(39)37-10-8-26(9-11-37)41-12-13-42-26/h1-7,14-15H,8-13H2,(H2,31,32,33)(H2,34,35,36,40). The zero-order valence-corrected chi connectivity index (χ0v) is 22.0. The summed E-state index contributed by atoms with van der Waals surface area (Å²) in [5, 5.41) is 9.07. The predicted molar refractivity (Wildman–Crippen MR) is 144 cm³/mol. The summed E-state index contributed by atoms with van der Waals surface area (Å²) in [6.07, 6.45) is -0.620. The van der Waals surface area contributed by atoms with Crippen molar-refractivity contribution in [3.8, 4) is 11.1 Å². The first-order valence-corrected chi connectivity index (χ1v) is 13.0. The van der Waals surface area contributed by atoms with Crippen LogP contribution in [0.15, 0.2) is 55.0 Å². The number of halogens is 3. The number of alkyl halides is 3. The van der Waals surface area contributed by atoms with Gasteiger partial charge in [0.25, 0.3) is 5.91 Å². The molecule has 3 aromatic heterocycles. The third-order valence-electron chi connectivity index (χ3n) is 7.17. The van der Waals surface area contributed by atoms with Gasteiger partial charge in [-0.05, 0) is 29.8 Å². The van der Waals surface area contributed by atoms with Crippen molar-refractivity contribution in [1.29, 1.82) is 0 Å². The Hall–Kier alpha value is -4.76. The van der Waals surface area contributed by atoms with Crippen LogP contribution in [-0.4, -0.2) is 68.5 Å². The molecule has 2 fully saturated rings. The fourth-order valence-electron chi connectivity index (χ4n) is 5.16. The Morgan fingerprint density at radius 3 is 2.40 bits per heavy atom. The number of nitrogens with zero attached hydrogens (tertiary/aromatic N) is 5. The molecule has 6 rings (SSSR count). The van der Waals surface area contributed by atoms with Gasteiger partial charge in [-0.15, -0.1) is 0 Å². The lowest BCUT2D eigenvalue weighted by Crippen LogP contribution is -2.47. The number of fused-ring (bicyclic) bond motifs is 1. The Morgan fingerprint density at radius 1 is 1.00 bits per heavy atom. The molecule has 0 aliphatic carbocycles. The fraction of sp³-hybridized carbons (Fsp3) is 0.296. The smallest absolute Gasteiger partial charge is 0.382 e. The van der Waals surface area contributed by atoms with E-state index in [4.69, 9.17) is 15.2 Å². The molecule has 12 nitrogen and oxygen atoms in total. The summed E-state index contributed by atoms with van der Waals surface area (Å²) in [6, 6.07) is 8.97. The monoisotopic (exact) mass is 582 g/mol. The number of nitrogens with one attached hydrogen (secondary N) is 2. The molecule has 42 heavy (non-hydrogen) atoms. The van der Waals surface area contributed by atoms with Crippen molar-refractivity contribution in [2.24, 2.45) is 0 Å². The van der Waals surface area contributed by atoms with E-state index in [-0.39, 0.29) is 17.5 Å². The van der Waals surface area contributed by atoms with Gasteiger partial charge in [0, 0.05) is 43.4 Å². The number of benzene rings is 1. The Balaban J connectivity index is 1.23. The number of piperidine rings is 1. The molecule has 3 amide bonds. The summed E-state index contributed by atoms with van der Waals surface area (Å²) in [7, 11) is 0. The number of urea groups is 1. The van der Waals surface area contributed by atoms with Gasteiger partial charge in [0.2, 0.25) is 0 Å². The second-order valence-electron chi connectivity index (χ2n) is 9.82. The number of carbonyl (C=O) groups excluding carboxylic acids is 2. The second-order valence-corrected chi connectivity index (χ2v) is 9.82. The van der Waals surface area contributed by atoms with Crippen molar-refractivity contribution in [1.82, 2.24) is 24.5 Å². The molecule has 2 aliphatic rings. The largest absolute Gasteiger partial charge is 0.433 e. The molecule has 0 atom stereocenters. The minimum absolute atomic E-state index is 0.180. The summed E-state index contributed by atoms with van der Waals surface area (Å²) in [4.78, 5) is 35.4. The molecule has 2 saturated heterocycles. The van der Waals surface area contributed by atoms with E-state index in [1.165, 1.54) is 16.9 Å². The van der Waals surface area contributed by atoms with Crippen molar-refractivity contribution in [2.45, 2.75) is 24.8 Å². The maximum atomic E-state index is 13.8. The molecule has 5 heterocycles. The van der Waals surface area contributed by atoms with Gasteiger partial charge >= 0.3 is 12.2 Å². The third kappa shape index (κ3) is 5.31. The molecule has 0 unspecified atom stereocenters. The number of hydrogen-bond acceptors (Lipinski definition) is 8. The number of ether oxygens (including phenoxy) is 2. The molecule has 0 bridgehead atoms. The molecule has 2 aliphatic heterocycles. The lowest BCUT2D eigenvalue weighted by atomic mass is 9.99. The number of nitrogens with two attached hydrogens (primary N) is 1. The van der Waals surface area contributed by atoms with Gasteiger partial charge in [-0.2, -0.15) is 18.3 Å². The maximum Gasteiger partial charge on any atom is 0.433 e. The lowest BCUT2D eigenvalue weighted by molar-refractivity contribution is -0.181. The minimum atomic E-state index is -4.64. The van der Waals surface area contributed by atoms with Gasteiger partial charge in [0.15, 0.2) is 11.6 Å². The lowest BCUT2D eigenvalue weighted by Gasteiger charge is -2.37. The summed E-state index contributed by atoms with van der Waals surface area (Å²) >= 11 is 0. The molecular weight excluding hydrogens is 557 g/mol. The highest BCUT2D eigenvalue weighted by Gasteiger charge is 2.41. The quantitative estimate of drug-likeness (QED) is 0.327. The predicted octanol–water partition coefficient (Wildman–Crippen LogP) is 4.02. The highest BCUT2D eigenvalue weighted by atomic mass is 19.4. The SMILES string of the molecule is Nc1ncnn2cc(C(=O)N3CCC4(CC3)OCCO4)c(-c3ccc(NC(=O)Nc4cccc(C(F)(F)F)n4)cc3)c12. The van der Waals surface area contributed by atoms with Crippen LogP contribution < -0.4 is 16.4 Å². The number of carbonyl (C=O) groups is 2. The molecule has 0 saturated carbocycles. The number of likely N-dealkylation sites (tertiary alicyclic amines) is 1. The number of aromatic nitrogens is 4. The summed E-state index contributed by atoms with van der Waals surface area (Å²) in [5.74, 6) is -0.919. The van der Waals surface area contributed by atoms with Gasteiger partial charge in [-0.25, -0.2) is 19.3 Å². The zero-order chi connectivity index (χ0) is 29.5. The normalized spacial score (nSPS) is 16.6. The number of amides is 3. The number of pyridine rings is 1. The van der Waals surface area contributed by atoms with Gasteiger partial charge < -0.3 is 25.4 Å². The fourth-order valence-corrected chi connectivity index (χ4v) is 5.16. The Morgan fingerprint density at radius 2 is 1.71 bits per heavy atom. The molecule has 1 spiro atoms. The minimum Gasteiger partial charge on any atom is -0.382 e. The van der Waals surface area contributed by atoms with Gasteiger partial charge in [0.1, 0.15) is 23.4 Å². The van der Waals surface area contributed by atoms with Crippen molar-refractivity contribution in [2.75, 3.05) is 42.7 Å². The van der Waals surface area contributed by atoms with Crippen LogP contribution in [0.3, 0.4) is 0 Å². The van der Waals surface area contributed by atoms with Gasteiger partial charge in [-0.1, -0.05) is 18.2 Å². The first-order chi connectivity index (χ1) is 20.1. The number of nitrogen functional groups attached to an aromatic ring is 1. The van der Waals surface area contributed by atoms with Crippen molar-refractivity contribution in [3.63, 3.8) is 0 Å². The maximum absolute atomic E-state index is 13.8. The van der Waals surface area contributed by atoms with E-state index in [1.54, 1.807) is 35.4 Å². The first-order valence-electron chi connectivity index (χ1n) is 13.0. The Kier molecular flexibility index (Phi) is 6.90. The molecular formula is C27H25F3N8O4. The molecule has 15 heteroatoms. The van der Waals surface area contributed by atoms with E-state index in [0.29, 0.717) is 67.0 Å². The van der Waals surface area contributed by atoms with Crippen LogP contribution in [0.5, 0.6) is 0 Å². The first kappa shape index (κ1) is 27.4. The summed E-state index contributed by atoms with van der Waals surface area (Å²) in [6.45, 7) is 1.97. The highest BCUT2D eigenvalue weighted by molar-refractivity contribution is 6.07. The summed E-state index contributed by atoms with van der Waals surface area (Å²) in [5.41, 5.74) is 7.39. The van der Waals surface area contributed by atoms with Gasteiger partial charge in [0.05, 0.1) is 18.8 Å². The van der Waals surface area contributed by atoms with E-state index in [0.717, 1.165) is 12.1 Å². The van der Waals surface area contributed by atoms with E-state index in [9.17, 15) is 22.8 Å². The van der Waals surface area contributed by atoms with Crippen LogP contribution >= 0.6 is 0 Å². The molecule has 4 N–H and O–H groups in total. The average Bonchev–Trinajstić information content (AvgIpc) is 3.59. The van der Waals surface area contributed by atoms with Crippen molar-refractivity contribution in [3.05, 3.63) is 66.2 Å². The van der Waals surface area contributed by atoms with E-state index in [2.05, 4.69) is 25.7 Å². The van der Waals surface area contributed by atoms with Crippen LogP contribution in [0.25, 0.3) is 16.6 Å². The number of rotatable bonds is 4. The zero-order valence-electron chi connectivity index (χ0n) is 22.0. The third-order valence-corrected chi connectivity index (χ3v) is 7.17. The van der Waals surface area contributed by atoms with Crippen LogP contribution in [0.2, 0.25) is 0 Å². The van der Waals surface area contributed by atoms with Crippen LogP contribution in [-0.2, 0) is 15.7 Å². The average molecular weight is 583 g/mol. The highest BCUT2D eigenvalue weighted by Crippen LogP contribution is 2.36. The molecule has 4 aromatic rings. The number of hydrogen-bond donors (Lipinski definition) is 3. The molecule has 0 radical (unpaired) electrons. The van der Waals surface area contributed by atoms with Crippen LogP contribution in [0.1, 0.15) is 28.9 Å². The van der Waals surface area contributed by atoms with Crippen LogP contribution in [0, 0.1) is 0 Å². The molecule has 218 valence electrons. The van der Waals surface area contributed by atoms with Crippen LogP contribution in [0.4, 0.5) is 35.3 Å². The topological polar surface area (TPSA) is 149 Å². The second kappa shape index (κ2) is 10.6. The van der Waals surface area contributed by atoms with E-state index < -0.39 is 23.7 Å². The van der Waals surface area contributed by atoms with Gasteiger partial charge in [-0.3, -0.25) is 10.1 Å².